The Bertz CT molecular complexity index is 113. The van der Waals surface area contributed by atoms with Gasteiger partial charge in [-0.25, -0.2) is 0 Å². The van der Waals surface area contributed by atoms with Gasteiger partial charge < -0.3 is 27.2 Å². The maximum absolute atomic E-state index is 9.02. The normalized spacial score (nSPS) is 13.1. The molecule has 0 saturated carbocycles. The number of rotatable bonds is 10. The van der Waals surface area contributed by atoms with Gasteiger partial charge in [-0.3, -0.25) is 0 Å². The van der Waals surface area contributed by atoms with Gasteiger partial charge in [0.25, 0.3) is 0 Å². The van der Waals surface area contributed by atoms with Gasteiger partial charge in [0, 0.05) is 12.6 Å². The Labute approximate surface area is 86.2 Å². The number of aliphatic hydroxyl groups is 1. The molecule has 0 aromatic rings. The van der Waals surface area contributed by atoms with Crippen molar-refractivity contribution >= 4 is 0 Å². The SMILES string of the molecule is NCCCNCC(CO)NCCCN. The quantitative estimate of drug-likeness (QED) is 0.271. The van der Waals surface area contributed by atoms with Crippen molar-refractivity contribution in [1.29, 1.82) is 0 Å². The molecule has 0 radical (unpaired) electrons. The molecule has 0 rings (SSSR count). The number of nitrogens with one attached hydrogen (secondary N) is 2. The summed E-state index contributed by atoms with van der Waals surface area (Å²) in [4.78, 5) is 0. The van der Waals surface area contributed by atoms with Crippen LogP contribution in [-0.2, 0) is 0 Å². The monoisotopic (exact) mass is 204 g/mol. The summed E-state index contributed by atoms with van der Waals surface area (Å²) >= 11 is 0. The molecular weight excluding hydrogens is 180 g/mol. The van der Waals surface area contributed by atoms with Crippen molar-refractivity contribution in [2.24, 2.45) is 11.5 Å². The predicted octanol–water partition coefficient (Wildman–Crippen LogP) is -1.78. The fourth-order valence-electron chi connectivity index (χ4n) is 1.11. The molecule has 7 N–H and O–H groups in total. The van der Waals surface area contributed by atoms with E-state index >= 15 is 0 Å². The van der Waals surface area contributed by atoms with Crippen molar-refractivity contribution in [3.63, 3.8) is 0 Å². The van der Waals surface area contributed by atoms with Gasteiger partial charge in [0.2, 0.25) is 0 Å². The third kappa shape index (κ3) is 8.40. The standard InChI is InChI=1S/C9H24N4O/c10-3-1-5-12-7-9(8-14)13-6-2-4-11/h9,12-14H,1-8,10-11H2. The van der Waals surface area contributed by atoms with E-state index in [0.29, 0.717) is 13.1 Å². The maximum Gasteiger partial charge on any atom is 0.0597 e. The van der Waals surface area contributed by atoms with E-state index in [-0.39, 0.29) is 12.6 Å². The van der Waals surface area contributed by atoms with Crippen LogP contribution in [-0.4, -0.2) is 50.5 Å². The fourth-order valence-corrected chi connectivity index (χ4v) is 1.11. The van der Waals surface area contributed by atoms with E-state index in [9.17, 15) is 0 Å². The van der Waals surface area contributed by atoms with Crippen molar-refractivity contribution in [3.05, 3.63) is 0 Å². The Kier molecular flexibility index (Phi) is 10.7. The Hall–Kier alpha value is -0.200. The number of hydrogen-bond acceptors (Lipinski definition) is 5. The Morgan fingerprint density at radius 1 is 1.07 bits per heavy atom. The molecular formula is C9H24N4O. The highest BCUT2D eigenvalue weighted by molar-refractivity contribution is 4.68. The van der Waals surface area contributed by atoms with E-state index < -0.39 is 0 Å². The molecule has 0 aromatic carbocycles. The van der Waals surface area contributed by atoms with Crippen molar-refractivity contribution in [2.75, 3.05) is 39.3 Å². The van der Waals surface area contributed by atoms with Gasteiger partial charge in [-0.05, 0) is 39.0 Å². The van der Waals surface area contributed by atoms with Crippen LogP contribution >= 0.6 is 0 Å². The second kappa shape index (κ2) is 10.9. The van der Waals surface area contributed by atoms with E-state index in [0.717, 1.165) is 32.5 Å². The van der Waals surface area contributed by atoms with Gasteiger partial charge in [0.15, 0.2) is 0 Å². The zero-order valence-corrected chi connectivity index (χ0v) is 8.84. The van der Waals surface area contributed by atoms with Gasteiger partial charge in [0.1, 0.15) is 0 Å². The molecule has 0 heterocycles. The van der Waals surface area contributed by atoms with Gasteiger partial charge in [-0.1, -0.05) is 0 Å². The molecule has 0 aromatic heterocycles. The van der Waals surface area contributed by atoms with E-state index in [1.165, 1.54) is 0 Å². The van der Waals surface area contributed by atoms with E-state index in [2.05, 4.69) is 10.6 Å². The molecule has 14 heavy (non-hydrogen) atoms. The molecule has 1 unspecified atom stereocenters. The van der Waals surface area contributed by atoms with Gasteiger partial charge >= 0.3 is 0 Å². The first kappa shape index (κ1) is 13.8. The van der Waals surface area contributed by atoms with E-state index in [1.54, 1.807) is 0 Å². The van der Waals surface area contributed by atoms with Crippen LogP contribution in [0, 0.1) is 0 Å². The summed E-state index contributed by atoms with van der Waals surface area (Å²) < 4.78 is 0. The smallest absolute Gasteiger partial charge is 0.0597 e. The van der Waals surface area contributed by atoms with Crippen LogP contribution < -0.4 is 22.1 Å². The average Bonchev–Trinajstić information content (AvgIpc) is 2.22. The lowest BCUT2D eigenvalue weighted by molar-refractivity contribution is 0.239. The van der Waals surface area contributed by atoms with Crippen LogP contribution in [0.1, 0.15) is 12.8 Å². The van der Waals surface area contributed by atoms with Crippen LogP contribution in [0.25, 0.3) is 0 Å². The lowest BCUT2D eigenvalue weighted by atomic mass is 10.3. The van der Waals surface area contributed by atoms with E-state index in [1.807, 2.05) is 0 Å². The molecule has 0 aliphatic rings. The molecule has 0 aliphatic heterocycles. The summed E-state index contributed by atoms with van der Waals surface area (Å²) in [7, 11) is 0. The number of aliphatic hydroxyl groups excluding tert-OH is 1. The highest BCUT2D eigenvalue weighted by atomic mass is 16.3. The van der Waals surface area contributed by atoms with Crippen LogP contribution in [0.4, 0.5) is 0 Å². The third-order valence-corrected chi connectivity index (χ3v) is 1.98. The first-order valence-corrected chi connectivity index (χ1v) is 5.30. The highest BCUT2D eigenvalue weighted by Crippen LogP contribution is 1.81. The lowest BCUT2D eigenvalue weighted by Crippen LogP contribution is -2.42. The molecule has 86 valence electrons. The van der Waals surface area contributed by atoms with Gasteiger partial charge in [-0.15, -0.1) is 0 Å². The van der Waals surface area contributed by atoms with Crippen LogP contribution in [0.2, 0.25) is 0 Å². The first-order valence-electron chi connectivity index (χ1n) is 5.30. The largest absolute Gasteiger partial charge is 0.395 e. The first-order chi connectivity index (χ1) is 6.85. The average molecular weight is 204 g/mol. The summed E-state index contributed by atoms with van der Waals surface area (Å²) in [6.07, 6.45) is 1.92. The Morgan fingerprint density at radius 2 is 1.71 bits per heavy atom. The topological polar surface area (TPSA) is 96.3 Å². The molecule has 5 heteroatoms. The molecule has 5 nitrogen and oxygen atoms in total. The van der Waals surface area contributed by atoms with Gasteiger partial charge in [-0.2, -0.15) is 0 Å². The summed E-state index contributed by atoms with van der Waals surface area (Å²) in [5, 5.41) is 15.5. The Morgan fingerprint density at radius 3 is 2.29 bits per heavy atom. The fraction of sp³-hybridized carbons (Fsp3) is 1.00. The molecule has 0 amide bonds. The molecule has 0 spiro atoms. The third-order valence-electron chi connectivity index (χ3n) is 1.98. The van der Waals surface area contributed by atoms with E-state index in [4.69, 9.17) is 16.6 Å². The van der Waals surface area contributed by atoms with Crippen molar-refractivity contribution in [3.8, 4) is 0 Å². The molecule has 0 bridgehead atoms. The van der Waals surface area contributed by atoms with Crippen LogP contribution in [0.15, 0.2) is 0 Å². The second-order valence-electron chi connectivity index (χ2n) is 3.32. The molecule has 1 atom stereocenters. The summed E-state index contributed by atoms with van der Waals surface area (Å²) in [5.41, 5.74) is 10.7. The zero-order valence-electron chi connectivity index (χ0n) is 8.84. The van der Waals surface area contributed by atoms with Crippen LogP contribution in [0.3, 0.4) is 0 Å². The summed E-state index contributed by atoms with van der Waals surface area (Å²) in [5.74, 6) is 0. The second-order valence-corrected chi connectivity index (χ2v) is 3.32. The minimum Gasteiger partial charge on any atom is -0.395 e. The van der Waals surface area contributed by atoms with Crippen LogP contribution in [0.5, 0.6) is 0 Å². The number of hydrogen-bond donors (Lipinski definition) is 5. The lowest BCUT2D eigenvalue weighted by Gasteiger charge is -2.16. The molecule has 0 fully saturated rings. The predicted molar refractivity (Wildman–Crippen MR) is 59.1 cm³/mol. The maximum atomic E-state index is 9.02. The summed E-state index contributed by atoms with van der Waals surface area (Å²) in [6.45, 7) is 4.09. The minimum atomic E-state index is 0.124. The molecule has 0 aliphatic carbocycles. The Balaban J connectivity index is 3.28. The summed E-state index contributed by atoms with van der Waals surface area (Å²) in [6, 6.07) is 0.124. The number of nitrogens with two attached hydrogens (primary N) is 2. The minimum absolute atomic E-state index is 0.124. The molecule has 0 saturated heterocycles. The zero-order chi connectivity index (χ0) is 10.6. The van der Waals surface area contributed by atoms with Crippen molar-refractivity contribution in [2.45, 2.75) is 18.9 Å². The van der Waals surface area contributed by atoms with Crippen molar-refractivity contribution < 1.29 is 5.11 Å². The van der Waals surface area contributed by atoms with Crippen molar-refractivity contribution in [1.82, 2.24) is 10.6 Å². The van der Waals surface area contributed by atoms with Gasteiger partial charge in [0.05, 0.1) is 6.61 Å². The highest BCUT2D eigenvalue weighted by Gasteiger charge is 2.04.